The van der Waals surface area contributed by atoms with Crippen molar-refractivity contribution in [1.29, 1.82) is 0 Å². The number of likely N-dealkylation sites (N-methyl/N-ethyl adjacent to an activating group) is 1. The van der Waals surface area contributed by atoms with Crippen LogP contribution in [0.5, 0.6) is 5.75 Å². The Morgan fingerprint density at radius 2 is 2.22 bits per heavy atom. The fourth-order valence-electron chi connectivity index (χ4n) is 1.37. The number of benzene rings is 1. The number of carbonyl (C=O) groups excluding carboxylic acids is 1. The van der Waals surface area contributed by atoms with Crippen LogP contribution in [0.15, 0.2) is 18.2 Å². The van der Waals surface area contributed by atoms with Crippen LogP contribution < -0.4 is 5.73 Å². The van der Waals surface area contributed by atoms with Crippen molar-refractivity contribution in [3.63, 3.8) is 0 Å². The number of phenolic OH excluding ortho intramolecular Hbond substituents is 1. The summed E-state index contributed by atoms with van der Waals surface area (Å²) in [6, 6.07) is 3.44. The maximum Gasteiger partial charge on any atom is 0.256 e. The predicted octanol–water partition coefficient (Wildman–Crippen LogP) is 0.579. The van der Waals surface area contributed by atoms with E-state index in [0.29, 0.717) is 26.3 Å². The largest absolute Gasteiger partial charge is 0.508 e. The minimum atomic E-state index is -0.741. The van der Waals surface area contributed by atoms with Gasteiger partial charge in [-0.15, -0.1) is 0 Å². The number of aromatic hydroxyl groups is 1. The third-order valence-electron chi connectivity index (χ3n) is 2.36. The summed E-state index contributed by atoms with van der Waals surface area (Å²) >= 11 is 0. The van der Waals surface area contributed by atoms with Gasteiger partial charge < -0.3 is 20.5 Å². The molecule has 0 radical (unpaired) electrons. The highest BCUT2D eigenvalue weighted by molar-refractivity contribution is 5.94. The molecule has 3 N–H and O–H groups in total. The normalized spacial score (nSPS) is 10.4. The van der Waals surface area contributed by atoms with Gasteiger partial charge in [0.2, 0.25) is 0 Å². The highest BCUT2D eigenvalue weighted by Gasteiger charge is 2.16. The van der Waals surface area contributed by atoms with E-state index < -0.39 is 11.7 Å². The van der Waals surface area contributed by atoms with E-state index in [2.05, 4.69) is 0 Å². The molecule has 100 valence electrons. The Kier molecular flexibility index (Phi) is 5.54. The zero-order chi connectivity index (χ0) is 13.5. The highest BCUT2D eigenvalue weighted by atomic mass is 19.1. The summed E-state index contributed by atoms with van der Waals surface area (Å²) in [6.45, 7) is 1.54. The standard InChI is InChI=1S/C12H17FN2O3/c1-15(5-7-18-6-4-14)12(17)10-3-2-9(16)8-11(10)13/h2-3,8,16H,4-7,14H2,1H3. The number of carbonyl (C=O) groups is 1. The Morgan fingerprint density at radius 3 is 2.83 bits per heavy atom. The van der Waals surface area contributed by atoms with E-state index in [0.717, 1.165) is 6.07 Å². The van der Waals surface area contributed by atoms with E-state index >= 15 is 0 Å². The second-order valence-electron chi connectivity index (χ2n) is 3.79. The first-order valence-electron chi connectivity index (χ1n) is 5.58. The van der Waals surface area contributed by atoms with Gasteiger partial charge in [-0.05, 0) is 12.1 Å². The van der Waals surface area contributed by atoms with Crippen LogP contribution in [0.1, 0.15) is 10.4 Å². The molecule has 0 aliphatic carbocycles. The molecule has 6 heteroatoms. The molecule has 0 saturated carbocycles. The van der Waals surface area contributed by atoms with Gasteiger partial charge in [-0.3, -0.25) is 4.79 Å². The maximum absolute atomic E-state index is 13.4. The third kappa shape index (κ3) is 3.97. The van der Waals surface area contributed by atoms with Gasteiger partial charge in [-0.2, -0.15) is 0 Å². The van der Waals surface area contributed by atoms with E-state index in [1.807, 2.05) is 0 Å². The molecule has 0 spiro atoms. The fraction of sp³-hybridized carbons (Fsp3) is 0.417. The smallest absolute Gasteiger partial charge is 0.256 e. The van der Waals surface area contributed by atoms with Gasteiger partial charge in [0.1, 0.15) is 11.6 Å². The average Bonchev–Trinajstić information content (AvgIpc) is 2.33. The maximum atomic E-state index is 13.4. The molecule has 0 unspecified atom stereocenters. The van der Waals surface area contributed by atoms with Crippen molar-refractivity contribution in [2.24, 2.45) is 5.73 Å². The number of hydrogen-bond donors (Lipinski definition) is 2. The van der Waals surface area contributed by atoms with Gasteiger partial charge in [-0.25, -0.2) is 4.39 Å². The monoisotopic (exact) mass is 256 g/mol. The lowest BCUT2D eigenvalue weighted by Crippen LogP contribution is -2.31. The SMILES string of the molecule is CN(CCOCCN)C(=O)c1ccc(O)cc1F. The molecule has 1 amide bonds. The Hall–Kier alpha value is -1.66. The van der Waals surface area contributed by atoms with Crippen molar-refractivity contribution < 1.29 is 19.0 Å². The highest BCUT2D eigenvalue weighted by Crippen LogP contribution is 2.16. The zero-order valence-corrected chi connectivity index (χ0v) is 10.2. The van der Waals surface area contributed by atoms with Crippen molar-refractivity contribution >= 4 is 5.91 Å². The Morgan fingerprint density at radius 1 is 1.50 bits per heavy atom. The molecule has 0 aliphatic heterocycles. The molecule has 5 nitrogen and oxygen atoms in total. The van der Waals surface area contributed by atoms with Crippen LogP contribution in [0.2, 0.25) is 0 Å². The lowest BCUT2D eigenvalue weighted by atomic mass is 10.2. The van der Waals surface area contributed by atoms with Crippen molar-refractivity contribution in [2.75, 3.05) is 33.4 Å². The first kappa shape index (κ1) is 14.4. The molecule has 0 saturated heterocycles. The van der Waals surface area contributed by atoms with E-state index in [4.69, 9.17) is 15.6 Å². The molecule has 0 aliphatic rings. The molecule has 0 aromatic heterocycles. The Bertz CT molecular complexity index is 412. The van der Waals surface area contributed by atoms with E-state index in [-0.39, 0.29) is 11.3 Å². The van der Waals surface area contributed by atoms with Crippen LogP contribution in [-0.4, -0.2) is 49.3 Å². The lowest BCUT2D eigenvalue weighted by Gasteiger charge is -2.17. The third-order valence-corrected chi connectivity index (χ3v) is 2.36. The molecule has 0 atom stereocenters. The number of ether oxygens (including phenoxy) is 1. The van der Waals surface area contributed by atoms with Crippen LogP contribution in [0.3, 0.4) is 0 Å². The topological polar surface area (TPSA) is 75.8 Å². The number of halogens is 1. The summed E-state index contributed by atoms with van der Waals surface area (Å²) in [5, 5.41) is 9.06. The molecule has 1 aromatic rings. The van der Waals surface area contributed by atoms with E-state index in [1.54, 1.807) is 7.05 Å². The van der Waals surface area contributed by atoms with Crippen molar-refractivity contribution in [3.8, 4) is 5.75 Å². The summed E-state index contributed by atoms with van der Waals surface area (Å²) in [5.41, 5.74) is 5.18. The Balaban J connectivity index is 2.57. The van der Waals surface area contributed by atoms with Gasteiger partial charge in [0, 0.05) is 26.2 Å². The molecule has 1 aromatic carbocycles. The minimum Gasteiger partial charge on any atom is -0.508 e. The molecular formula is C12H17FN2O3. The molecule has 0 fully saturated rings. The van der Waals surface area contributed by atoms with E-state index in [1.165, 1.54) is 17.0 Å². The Labute approximate surface area is 105 Å². The van der Waals surface area contributed by atoms with Gasteiger partial charge in [0.15, 0.2) is 0 Å². The van der Waals surface area contributed by atoms with Crippen LogP contribution in [0.25, 0.3) is 0 Å². The van der Waals surface area contributed by atoms with Crippen molar-refractivity contribution in [3.05, 3.63) is 29.6 Å². The summed E-state index contributed by atoms with van der Waals surface area (Å²) in [4.78, 5) is 13.2. The number of nitrogens with two attached hydrogens (primary N) is 1. The van der Waals surface area contributed by atoms with E-state index in [9.17, 15) is 9.18 Å². The summed E-state index contributed by atoms with van der Waals surface area (Å²) < 4.78 is 18.6. The molecule has 18 heavy (non-hydrogen) atoms. The predicted molar refractivity (Wildman–Crippen MR) is 64.9 cm³/mol. The number of phenols is 1. The average molecular weight is 256 g/mol. The number of hydrogen-bond acceptors (Lipinski definition) is 4. The van der Waals surface area contributed by atoms with Crippen molar-refractivity contribution in [2.45, 2.75) is 0 Å². The van der Waals surface area contributed by atoms with Crippen LogP contribution >= 0.6 is 0 Å². The first-order chi connectivity index (χ1) is 8.56. The second kappa shape index (κ2) is 6.93. The number of rotatable bonds is 6. The van der Waals surface area contributed by atoms with Gasteiger partial charge in [0.05, 0.1) is 18.8 Å². The molecule has 0 bridgehead atoms. The molecule has 1 rings (SSSR count). The van der Waals surface area contributed by atoms with Gasteiger partial charge >= 0.3 is 0 Å². The molecule has 0 heterocycles. The fourth-order valence-corrected chi connectivity index (χ4v) is 1.37. The number of nitrogens with zero attached hydrogens (tertiary/aromatic N) is 1. The summed E-state index contributed by atoms with van der Waals surface area (Å²) in [6.07, 6.45) is 0. The van der Waals surface area contributed by atoms with Crippen molar-refractivity contribution in [1.82, 2.24) is 4.90 Å². The first-order valence-corrected chi connectivity index (χ1v) is 5.58. The lowest BCUT2D eigenvalue weighted by molar-refractivity contribution is 0.0700. The number of amides is 1. The van der Waals surface area contributed by atoms with Gasteiger partial charge in [-0.1, -0.05) is 0 Å². The molecular weight excluding hydrogens is 239 g/mol. The van der Waals surface area contributed by atoms with Crippen LogP contribution in [0, 0.1) is 5.82 Å². The van der Waals surface area contributed by atoms with Gasteiger partial charge in [0.25, 0.3) is 5.91 Å². The quantitative estimate of drug-likeness (QED) is 0.730. The minimum absolute atomic E-state index is 0.0749. The summed E-state index contributed by atoms with van der Waals surface area (Å²) in [7, 11) is 1.56. The zero-order valence-electron chi connectivity index (χ0n) is 10.2. The summed E-state index contributed by atoms with van der Waals surface area (Å²) in [5.74, 6) is -1.41. The second-order valence-corrected chi connectivity index (χ2v) is 3.79. The van der Waals surface area contributed by atoms with Crippen LogP contribution in [0.4, 0.5) is 4.39 Å². The van der Waals surface area contributed by atoms with Crippen LogP contribution in [-0.2, 0) is 4.74 Å².